The quantitative estimate of drug-likeness (QED) is 0.642. The molecule has 0 saturated carbocycles. The van der Waals surface area contributed by atoms with Crippen LogP contribution >= 0.6 is 0 Å². The molecule has 11 heavy (non-hydrogen) atoms. The molecule has 0 aromatic rings. The first kappa shape index (κ1) is 10.9. The van der Waals surface area contributed by atoms with Crippen LogP contribution in [0.3, 0.4) is 0 Å². The highest BCUT2D eigenvalue weighted by Gasteiger charge is 2.14. The van der Waals surface area contributed by atoms with Crippen molar-refractivity contribution >= 4 is 0 Å². The molecule has 0 aliphatic carbocycles. The van der Waals surface area contributed by atoms with E-state index in [1.165, 1.54) is 0 Å². The van der Waals surface area contributed by atoms with E-state index in [1.54, 1.807) is 0 Å². The summed E-state index contributed by atoms with van der Waals surface area (Å²) >= 11 is 0. The molecule has 0 amide bonds. The number of nitrogens with two attached hydrogens (primary N) is 1. The molecule has 0 fully saturated rings. The molecular weight excluding hydrogens is 138 g/mol. The first-order valence-corrected chi connectivity index (χ1v) is 4.63. The van der Waals surface area contributed by atoms with Gasteiger partial charge >= 0.3 is 0 Å². The van der Waals surface area contributed by atoms with E-state index >= 15 is 0 Å². The van der Waals surface area contributed by atoms with Gasteiger partial charge in [0.15, 0.2) is 0 Å². The van der Waals surface area contributed by atoms with Gasteiger partial charge in [0.2, 0.25) is 0 Å². The number of rotatable bonds is 6. The summed E-state index contributed by atoms with van der Waals surface area (Å²) < 4.78 is 5.51. The molecule has 0 bridgehead atoms. The van der Waals surface area contributed by atoms with Gasteiger partial charge in [0.1, 0.15) is 0 Å². The highest BCUT2D eigenvalue weighted by Crippen LogP contribution is 2.07. The van der Waals surface area contributed by atoms with Gasteiger partial charge in [-0.1, -0.05) is 20.3 Å². The van der Waals surface area contributed by atoms with Crippen LogP contribution in [0.25, 0.3) is 0 Å². The van der Waals surface area contributed by atoms with Gasteiger partial charge in [-0.3, -0.25) is 0 Å². The van der Waals surface area contributed by atoms with Gasteiger partial charge in [0, 0.05) is 12.6 Å². The van der Waals surface area contributed by atoms with Crippen LogP contribution < -0.4 is 5.73 Å². The highest BCUT2D eigenvalue weighted by molar-refractivity contribution is 4.71. The van der Waals surface area contributed by atoms with Gasteiger partial charge in [-0.2, -0.15) is 0 Å². The first-order valence-electron chi connectivity index (χ1n) is 4.63. The fourth-order valence-electron chi connectivity index (χ4n) is 1.18. The van der Waals surface area contributed by atoms with Gasteiger partial charge in [0.25, 0.3) is 0 Å². The zero-order chi connectivity index (χ0) is 8.69. The van der Waals surface area contributed by atoms with E-state index in [4.69, 9.17) is 10.5 Å². The average molecular weight is 159 g/mol. The third-order valence-electron chi connectivity index (χ3n) is 1.90. The molecular formula is C9H21NO. The smallest absolute Gasteiger partial charge is 0.0725 e. The van der Waals surface area contributed by atoms with Gasteiger partial charge in [-0.15, -0.1) is 0 Å². The minimum absolute atomic E-state index is 0.217. The molecule has 0 aliphatic rings. The summed E-state index contributed by atoms with van der Waals surface area (Å²) in [6.45, 7) is 7.06. The summed E-state index contributed by atoms with van der Waals surface area (Å²) in [7, 11) is 0. The Hall–Kier alpha value is -0.0800. The second-order valence-corrected chi connectivity index (χ2v) is 2.85. The van der Waals surface area contributed by atoms with E-state index in [2.05, 4.69) is 13.8 Å². The molecule has 2 N–H and O–H groups in total. The molecule has 0 radical (unpaired) electrons. The summed E-state index contributed by atoms with van der Waals surface area (Å²) in [6, 6.07) is 0.217. The van der Waals surface area contributed by atoms with Crippen molar-refractivity contribution in [3.05, 3.63) is 0 Å². The van der Waals surface area contributed by atoms with Crippen LogP contribution in [0, 0.1) is 0 Å². The van der Waals surface area contributed by atoms with Crippen LogP contribution in [-0.2, 0) is 4.74 Å². The number of hydrogen-bond acceptors (Lipinski definition) is 2. The SMILES string of the molecule is CCCC(OCC)C(N)CC. The van der Waals surface area contributed by atoms with Crippen LogP contribution in [0.5, 0.6) is 0 Å². The second kappa shape index (κ2) is 6.62. The van der Waals surface area contributed by atoms with E-state index in [1.807, 2.05) is 6.92 Å². The topological polar surface area (TPSA) is 35.2 Å². The maximum absolute atomic E-state index is 5.86. The molecule has 0 heterocycles. The summed E-state index contributed by atoms with van der Waals surface area (Å²) in [5.41, 5.74) is 5.86. The largest absolute Gasteiger partial charge is 0.377 e. The molecule has 2 nitrogen and oxygen atoms in total. The Kier molecular flexibility index (Phi) is 6.57. The maximum Gasteiger partial charge on any atom is 0.0725 e. The third-order valence-corrected chi connectivity index (χ3v) is 1.90. The average Bonchev–Trinajstić information content (AvgIpc) is 2.03. The predicted molar refractivity (Wildman–Crippen MR) is 48.6 cm³/mol. The monoisotopic (exact) mass is 159 g/mol. The van der Waals surface area contributed by atoms with Crippen molar-refractivity contribution in [2.24, 2.45) is 5.73 Å². The lowest BCUT2D eigenvalue weighted by Crippen LogP contribution is -2.36. The van der Waals surface area contributed by atoms with Crippen LogP contribution in [-0.4, -0.2) is 18.8 Å². The normalized spacial score (nSPS) is 16.4. The second-order valence-electron chi connectivity index (χ2n) is 2.85. The van der Waals surface area contributed by atoms with E-state index in [0.29, 0.717) is 0 Å². The molecule has 0 aromatic carbocycles. The Balaban J connectivity index is 3.66. The molecule has 68 valence electrons. The Labute approximate surface area is 70.1 Å². The molecule has 0 saturated heterocycles. The lowest BCUT2D eigenvalue weighted by molar-refractivity contribution is 0.0369. The highest BCUT2D eigenvalue weighted by atomic mass is 16.5. The van der Waals surface area contributed by atoms with Crippen molar-refractivity contribution in [3.63, 3.8) is 0 Å². The van der Waals surface area contributed by atoms with Crippen molar-refractivity contribution in [1.82, 2.24) is 0 Å². The third kappa shape index (κ3) is 4.38. The molecule has 2 heteroatoms. The van der Waals surface area contributed by atoms with Crippen LogP contribution in [0.2, 0.25) is 0 Å². The van der Waals surface area contributed by atoms with Crippen molar-refractivity contribution < 1.29 is 4.74 Å². The van der Waals surface area contributed by atoms with Gasteiger partial charge in [-0.05, 0) is 19.8 Å². The van der Waals surface area contributed by atoms with Gasteiger partial charge in [-0.25, -0.2) is 0 Å². The van der Waals surface area contributed by atoms with Gasteiger partial charge < -0.3 is 10.5 Å². The first-order chi connectivity index (χ1) is 5.26. The fraction of sp³-hybridized carbons (Fsp3) is 1.00. The van der Waals surface area contributed by atoms with E-state index in [9.17, 15) is 0 Å². The Morgan fingerprint density at radius 2 is 1.91 bits per heavy atom. The van der Waals surface area contributed by atoms with Crippen molar-refractivity contribution in [2.75, 3.05) is 6.61 Å². The Morgan fingerprint density at radius 1 is 1.27 bits per heavy atom. The fourth-order valence-corrected chi connectivity index (χ4v) is 1.18. The van der Waals surface area contributed by atoms with E-state index < -0.39 is 0 Å². The van der Waals surface area contributed by atoms with Crippen molar-refractivity contribution in [2.45, 2.75) is 52.2 Å². The standard InChI is InChI=1S/C9H21NO/c1-4-7-9(11-6-3)8(10)5-2/h8-9H,4-7,10H2,1-3H3. The minimum atomic E-state index is 0.217. The molecule has 2 atom stereocenters. The van der Waals surface area contributed by atoms with Crippen molar-refractivity contribution in [3.8, 4) is 0 Å². The van der Waals surface area contributed by atoms with Gasteiger partial charge in [0.05, 0.1) is 6.10 Å². The molecule has 0 rings (SSSR count). The Morgan fingerprint density at radius 3 is 2.27 bits per heavy atom. The molecule has 0 spiro atoms. The van der Waals surface area contributed by atoms with Crippen LogP contribution in [0.15, 0.2) is 0 Å². The minimum Gasteiger partial charge on any atom is -0.377 e. The van der Waals surface area contributed by atoms with E-state index in [-0.39, 0.29) is 12.1 Å². The zero-order valence-electron chi connectivity index (χ0n) is 7.97. The zero-order valence-corrected chi connectivity index (χ0v) is 7.97. The summed E-state index contributed by atoms with van der Waals surface area (Å²) in [4.78, 5) is 0. The summed E-state index contributed by atoms with van der Waals surface area (Å²) in [6.07, 6.45) is 3.52. The lowest BCUT2D eigenvalue weighted by Gasteiger charge is -2.21. The molecule has 2 unspecified atom stereocenters. The van der Waals surface area contributed by atoms with Crippen molar-refractivity contribution in [1.29, 1.82) is 0 Å². The Bertz CT molecular complexity index is 79.6. The molecule has 0 aliphatic heterocycles. The molecule has 0 aromatic heterocycles. The maximum atomic E-state index is 5.86. The predicted octanol–water partition coefficient (Wildman–Crippen LogP) is 1.93. The van der Waals surface area contributed by atoms with E-state index in [0.717, 1.165) is 25.9 Å². The van der Waals surface area contributed by atoms with Crippen LogP contribution in [0.4, 0.5) is 0 Å². The lowest BCUT2D eigenvalue weighted by atomic mass is 10.1. The number of ether oxygens (including phenoxy) is 1. The number of hydrogen-bond donors (Lipinski definition) is 1. The van der Waals surface area contributed by atoms with Crippen LogP contribution in [0.1, 0.15) is 40.0 Å². The summed E-state index contributed by atoms with van der Waals surface area (Å²) in [5.74, 6) is 0. The summed E-state index contributed by atoms with van der Waals surface area (Å²) in [5, 5.41) is 0.